The summed E-state index contributed by atoms with van der Waals surface area (Å²) < 4.78 is 0. The Morgan fingerprint density at radius 3 is 3.09 bits per heavy atom. The minimum absolute atomic E-state index is 0.454. The van der Waals surface area contributed by atoms with Gasteiger partial charge in [-0.3, -0.25) is 0 Å². The summed E-state index contributed by atoms with van der Waals surface area (Å²) >= 11 is 0. The molecule has 1 heterocycles. The Kier molecular flexibility index (Phi) is 2.54. The van der Waals surface area contributed by atoms with Crippen molar-refractivity contribution in [2.75, 3.05) is 6.54 Å². The second-order valence-electron chi connectivity index (χ2n) is 2.18. The van der Waals surface area contributed by atoms with Crippen LogP contribution in [-0.4, -0.2) is 22.7 Å². The minimum Gasteiger partial charge on any atom is -0.465 e. The van der Waals surface area contributed by atoms with Crippen molar-refractivity contribution in [3.8, 4) is 0 Å². The molecule has 0 aliphatic rings. The normalized spacial score (nSPS) is 9.45. The molecule has 0 unspecified atom stereocenters. The third kappa shape index (κ3) is 2.75. The quantitative estimate of drug-likeness (QED) is 0.603. The first kappa shape index (κ1) is 7.65. The predicted octanol–water partition coefficient (Wildman–Crippen LogP) is 0.825. The molecule has 0 aliphatic heterocycles. The maximum atomic E-state index is 10.0. The first-order valence-corrected chi connectivity index (χ1v) is 3.38. The van der Waals surface area contributed by atoms with Gasteiger partial charge in [0.2, 0.25) is 0 Å². The van der Waals surface area contributed by atoms with Crippen molar-refractivity contribution < 1.29 is 9.90 Å². The van der Waals surface area contributed by atoms with Gasteiger partial charge in [0, 0.05) is 24.9 Å². The number of carboxylic acid groups (broad SMARTS) is 1. The number of aromatic nitrogens is 1. The van der Waals surface area contributed by atoms with Gasteiger partial charge in [-0.05, 0) is 12.1 Å². The summed E-state index contributed by atoms with van der Waals surface area (Å²) in [7, 11) is 0. The van der Waals surface area contributed by atoms with Gasteiger partial charge in [0.05, 0.1) is 0 Å². The molecular weight excluding hydrogens is 144 g/mol. The van der Waals surface area contributed by atoms with Gasteiger partial charge in [0.25, 0.3) is 0 Å². The maximum absolute atomic E-state index is 10.0. The van der Waals surface area contributed by atoms with Crippen molar-refractivity contribution >= 4 is 6.09 Å². The van der Waals surface area contributed by atoms with Gasteiger partial charge in [0.1, 0.15) is 0 Å². The molecule has 3 N–H and O–H groups in total. The standard InChI is InChI=1S/C7H10N2O2/c10-7(11)9-5-3-6-2-1-4-8-6/h1-2,4,8-9H,3,5H2,(H,10,11). The number of aromatic amines is 1. The number of hydrogen-bond donors (Lipinski definition) is 3. The van der Waals surface area contributed by atoms with E-state index in [4.69, 9.17) is 5.11 Å². The molecule has 60 valence electrons. The van der Waals surface area contributed by atoms with E-state index in [1.807, 2.05) is 18.3 Å². The summed E-state index contributed by atoms with van der Waals surface area (Å²) in [5, 5.41) is 10.5. The Balaban J connectivity index is 2.19. The van der Waals surface area contributed by atoms with Crippen LogP contribution in [0.15, 0.2) is 18.3 Å². The van der Waals surface area contributed by atoms with Crippen LogP contribution >= 0.6 is 0 Å². The third-order valence-corrected chi connectivity index (χ3v) is 1.33. The van der Waals surface area contributed by atoms with Crippen LogP contribution in [-0.2, 0) is 6.42 Å². The van der Waals surface area contributed by atoms with Crippen molar-refractivity contribution in [3.05, 3.63) is 24.0 Å². The molecule has 1 aromatic rings. The monoisotopic (exact) mass is 154 g/mol. The van der Waals surface area contributed by atoms with Gasteiger partial charge in [0.15, 0.2) is 0 Å². The molecule has 4 nitrogen and oxygen atoms in total. The second kappa shape index (κ2) is 3.65. The first-order chi connectivity index (χ1) is 5.29. The molecule has 11 heavy (non-hydrogen) atoms. The highest BCUT2D eigenvalue weighted by Crippen LogP contribution is 1.93. The average molecular weight is 154 g/mol. The summed E-state index contributed by atoms with van der Waals surface area (Å²) in [4.78, 5) is 13.0. The number of hydrogen-bond acceptors (Lipinski definition) is 1. The highest BCUT2D eigenvalue weighted by atomic mass is 16.4. The Morgan fingerprint density at radius 1 is 1.73 bits per heavy atom. The van der Waals surface area contributed by atoms with E-state index in [-0.39, 0.29) is 0 Å². The Labute approximate surface area is 64.2 Å². The number of nitrogens with one attached hydrogen (secondary N) is 2. The van der Waals surface area contributed by atoms with Gasteiger partial charge in [-0.25, -0.2) is 4.79 Å². The molecule has 1 aromatic heterocycles. The SMILES string of the molecule is O=C(O)NCCc1ccc[nH]1. The lowest BCUT2D eigenvalue weighted by molar-refractivity contribution is 0.194. The van der Waals surface area contributed by atoms with Crippen molar-refractivity contribution in [2.45, 2.75) is 6.42 Å². The van der Waals surface area contributed by atoms with Crippen LogP contribution < -0.4 is 5.32 Å². The van der Waals surface area contributed by atoms with Crippen LogP contribution in [0.4, 0.5) is 4.79 Å². The second-order valence-corrected chi connectivity index (χ2v) is 2.18. The highest BCUT2D eigenvalue weighted by Gasteiger charge is 1.94. The van der Waals surface area contributed by atoms with E-state index in [2.05, 4.69) is 10.3 Å². The number of rotatable bonds is 3. The Morgan fingerprint density at radius 2 is 2.55 bits per heavy atom. The molecule has 1 amide bonds. The van der Waals surface area contributed by atoms with Gasteiger partial charge in [-0.15, -0.1) is 0 Å². The van der Waals surface area contributed by atoms with E-state index < -0.39 is 6.09 Å². The topological polar surface area (TPSA) is 65.1 Å². The summed E-state index contributed by atoms with van der Waals surface area (Å²) in [6, 6.07) is 3.81. The zero-order valence-electron chi connectivity index (χ0n) is 6.00. The van der Waals surface area contributed by atoms with Crippen LogP contribution in [0, 0.1) is 0 Å². The smallest absolute Gasteiger partial charge is 0.404 e. The van der Waals surface area contributed by atoms with Gasteiger partial charge >= 0.3 is 6.09 Å². The summed E-state index contributed by atoms with van der Waals surface area (Å²) in [6.07, 6.45) is 1.55. The fourth-order valence-corrected chi connectivity index (χ4v) is 0.827. The lowest BCUT2D eigenvalue weighted by Crippen LogP contribution is -2.23. The largest absolute Gasteiger partial charge is 0.465 e. The van der Waals surface area contributed by atoms with Gasteiger partial charge in [-0.1, -0.05) is 0 Å². The van der Waals surface area contributed by atoms with Crippen LogP contribution in [0.5, 0.6) is 0 Å². The zero-order valence-corrected chi connectivity index (χ0v) is 6.00. The average Bonchev–Trinajstić information content (AvgIpc) is 2.39. The molecule has 0 spiro atoms. The van der Waals surface area contributed by atoms with Crippen LogP contribution in [0.3, 0.4) is 0 Å². The van der Waals surface area contributed by atoms with E-state index >= 15 is 0 Å². The molecule has 0 aromatic carbocycles. The first-order valence-electron chi connectivity index (χ1n) is 3.38. The molecule has 0 radical (unpaired) electrons. The number of H-pyrrole nitrogens is 1. The van der Waals surface area contributed by atoms with E-state index in [1.165, 1.54) is 0 Å². The molecule has 0 atom stereocenters. The van der Waals surface area contributed by atoms with Crippen LogP contribution in [0.25, 0.3) is 0 Å². The minimum atomic E-state index is -0.975. The molecule has 0 aliphatic carbocycles. The Bertz CT molecular complexity index is 218. The number of carbonyl (C=O) groups is 1. The lowest BCUT2D eigenvalue weighted by atomic mass is 10.3. The molecule has 0 bridgehead atoms. The summed E-state index contributed by atoms with van der Waals surface area (Å²) in [5.41, 5.74) is 1.04. The highest BCUT2D eigenvalue weighted by molar-refractivity contribution is 5.64. The van der Waals surface area contributed by atoms with Crippen LogP contribution in [0.1, 0.15) is 5.69 Å². The molecule has 1 rings (SSSR count). The fourth-order valence-electron chi connectivity index (χ4n) is 0.827. The molecule has 0 fully saturated rings. The van der Waals surface area contributed by atoms with E-state index in [0.717, 1.165) is 5.69 Å². The lowest BCUT2D eigenvalue weighted by Gasteiger charge is -1.97. The summed E-state index contributed by atoms with van der Waals surface area (Å²) in [6.45, 7) is 0.454. The van der Waals surface area contributed by atoms with Crippen molar-refractivity contribution in [3.63, 3.8) is 0 Å². The molecule has 4 heteroatoms. The van der Waals surface area contributed by atoms with Gasteiger partial charge < -0.3 is 15.4 Å². The molecule has 0 saturated carbocycles. The molecular formula is C7H10N2O2. The van der Waals surface area contributed by atoms with E-state index in [1.54, 1.807) is 0 Å². The number of amides is 1. The zero-order chi connectivity index (χ0) is 8.10. The Hall–Kier alpha value is -1.45. The summed E-state index contributed by atoms with van der Waals surface area (Å²) in [5.74, 6) is 0. The van der Waals surface area contributed by atoms with E-state index in [0.29, 0.717) is 13.0 Å². The fraction of sp³-hybridized carbons (Fsp3) is 0.286. The van der Waals surface area contributed by atoms with Crippen molar-refractivity contribution in [1.82, 2.24) is 10.3 Å². The van der Waals surface area contributed by atoms with E-state index in [9.17, 15) is 4.79 Å². The van der Waals surface area contributed by atoms with Crippen LogP contribution in [0.2, 0.25) is 0 Å². The van der Waals surface area contributed by atoms with Crippen molar-refractivity contribution in [1.29, 1.82) is 0 Å². The third-order valence-electron chi connectivity index (χ3n) is 1.33. The van der Waals surface area contributed by atoms with Crippen molar-refractivity contribution in [2.24, 2.45) is 0 Å². The molecule has 0 saturated heterocycles. The van der Waals surface area contributed by atoms with Gasteiger partial charge in [-0.2, -0.15) is 0 Å². The maximum Gasteiger partial charge on any atom is 0.404 e. The predicted molar refractivity (Wildman–Crippen MR) is 40.5 cm³/mol.